The molecule has 0 aliphatic carbocycles. The first-order valence-electron chi connectivity index (χ1n) is 12.4. The van der Waals surface area contributed by atoms with Crippen LogP contribution in [0.1, 0.15) is 23.1 Å². The molecule has 4 N–H and O–H groups in total. The molecule has 0 saturated carbocycles. The molecule has 1 amide bonds. The number of H-pyrrole nitrogens is 1. The molecule has 0 bridgehead atoms. The van der Waals surface area contributed by atoms with Crippen LogP contribution >= 0.6 is 46.6 Å². The Balaban J connectivity index is 0.000000261. The Morgan fingerprint density at radius 1 is 1.00 bits per heavy atom. The van der Waals surface area contributed by atoms with Crippen LogP contribution in [0.3, 0.4) is 0 Å². The fraction of sp³-hybridized carbons (Fsp3) is 0.429. The minimum absolute atomic E-state index is 0. The Morgan fingerprint density at radius 2 is 1.71 bits per heavy atom. The normalized spacial score (nSPS) is 17.9. The van der Waals surface area contributed by atoms with Gasteiger partial charge in [0.15, 0.2) is 0 Å². The number of esters is 1. The number of aromatic amines is 1. The van der Waals surface area contributed by atoms with Gasteiger partial charge in [-0.1, -0.05) is 40.8 Å². The molecule has 208 valence electrons. The summed E-state index contributed by atoms with van der Waals surface area (Å²) in [6, 6.07) is 14.3. The maximum absolute atomic E-state index is 11.2. The summed E-state index contributed by atoms with van der Waals surface area (Å²) in [5, 5.41) is 4.03. The van der Waals surface area contributed by atoms with Crippen LogP contribution in [0, 0.1) is 5.92 Å². The maximum Gasteiger partial charge on any atom is 0.407 e. The third-order valence-electron chi connectivity index (χ3n) is 6.32. The standard InChI is InChI=1S/C17H22N2O2.C10H12N2O2.CH3I.HI/c1-19(2)6-5-14-10-18-16-4-3-12(8-15(14)16)7-13-9-17(20)21-11-13;11-8-3-1-7(2-4-8)5-9-6-14-10(13)12-9;1-2;/h3-4,8,10,13,18H,5-7,9,11H2,1-2H3;1-4,9H,5-6,11H2,(H,12,13);1H3;1H/t13-;9-;;/m10../s1. The number of amides is 1. The number of nitrogens with one attached hydrogen (secondary N) is 2. The number of aromatic nitrogens is 1. The smallest absolute Gasteiger partial charge is 0.407 e. The van der Waals surface area contributed by atoms with Crippen molar-refractivity contribution in [1.82, 2.24) is 15.2 Å². The van der Waals surface area contributed by atoms with Gasteiger partial charge in [-0.05, 0) is 79.2 Å². The van der Waals surface area contributed by atoms with Crippen LogP contribution in [0.4, 0.5) is 10.5 Å². The topological polar surface area (TPSA) is 110 Å². The molecule has 0 unspecified atom stereocenters. The number of hydrogen-bond donors (Lipinski definition) is 3. The first-order chi connectivity index (χ1) is 17.9. The maximum atomic E-state index is 11.2. The van der Waals surface area contributed by atoms with Gasteiger partial charge in [0.2, 0.25) is 0 Å². The number of nitrogen functional groups attached to an aromatic ring is 1. The number of carbonyl (C=O) groups is 2. The summed E-state index contributed by atoms with van der Waals surface area (Å²) in [6.07, 6.45) is 5.08. The Labute approximate surface area is 255 Å². The fourth-order valence-electron chi connectivity index (χ4n) is 4.41. The summed E-state index contributed by atoms with van der Waals surface area (Å²) < 4.78 is 9.83. The van der Waals surface area contributed by atoms with E-state index in [1.807, 2.05) is 29.2 Å². The molecule has 1 aromatic heterocycles. The summed E-state index contributed by atoms with van der Waals surface area (Å²) in [4.78, 5) is 29.4. The molecular weight excluding hydrogens is 710 g/mol. The van der Waals surface area contributed by atoms with E-state index in [1.54, 1.807) is 0 Å². The van der Waals surface area contributed by atoms with Gasteiger partial charge in [-0.15, -0.1) is 24.0 Å². The van der Waals surface area contributed by atoms with Gasteiger partial charge in [0.05, 0.1) is 19.1 Å². The lowest BCUT2D eigenvalue weighted by Crippen LogP contribution is -2.28. The van der Waals surface area contributed by atoms with Gasteiger partial charge in [0, 0.05) is 35.2 Å². The Hall–Kier alpha value is -2.06. The van der Waals surface area contributed by atoms with E-state index in [2.05, 4.69) is 76.3 Å². The van der Waals surface area contributed by atoms with Gasteiger partial charge in [-0.2, -0.15) is 0 Å². The van der Waals surface area contributed by atoms with Crippen molar-refractivity contribution in [3.63, 3.8) is 0 Å². The number of anilines is 1. The van der Waals surface area contributed by atoms with Crippen LogP contribution in [0.15, 0.2) is 48.7 Å². The van der Waals surface area contributed by atoms with Crippen molar-refractivity contribution >= 4 is 75.2 Å². The number of likely N-dealkylation sites (N-methyl/N-ethyl adjacent to an activating group) is 1. The number of ether oxygens (including phenoxy) is 2. The second-order valence-corrected chi connectivity index (χ2v) is 9.59. The number of alkyl halides is 1. The average Bonchev–Trinajstić information content (AvgIpc) is 3.61. The van der Waals surface area contributed by atoms with Crippen molar-refractivity contribution < 1.29 is 19.1 Å². The zero-order chi connectivity index (χ0) is 26.8. The second-order valence-electron chi connectivity index (χ2n) is 9.59. The number of rotatable bonds is 7. The van der Waals surface area contributed by atoms with Crippen molar-refractivity contribution in [2.45, 2.75) is 31.7 Å². The van der Waals surface area contributed by atoms with Gasteiger partial charge >= 0.3 is 12.1 Å². The summed E-state index contributed by atoms with van der Waals surface area (Å²) in [7, 11) is 4.19. The third-order valence-corrected chi connectivity index (χ3v) is 6.32. The van der Waals surface area contributed by atoms with Crippen LogP contribution in [0.2, 0.25) is 0 Å². The molecule has 5 rings (SSSR count). The highest BCUT2D eigenvalue weighted by Gasteiger charge is 2.24. The molecule has 3 aromatic rings. The third kappa shape index (κ3) is 9.92. The zero-order valence-electron chi connectivity index (χ0n) is 22.2. The summed E-state index contributed by atoms with van der Waals surface area (Å²) in [5.74, 6) is 0.272. The molecule has 2 aliphatic rings. The average molecular weight is 748 g/mol. The number of halogens is 2. The van der Waals surface area contributed by atoms with Crippen LogP contribution in [-0.2, 0) is 33.5 Å². The van der Waals surface area contributed by atoms with E-state index in [4.69, 9.17) is 15.2 Å². The number of cyclic esters (lactones) is 2. The zero-order valence-corrected chi connectivity index (χ0v) is 26.7. The van der Waals surface area contributed by atoms with E-state index in [0.717, 1.165) is 37.1 Å². The summed E-state index contributed by atoms with van der Waals surface area (Å²) in [5.41, 5.74) is 11.3. The lowest BCUT2D eigenvalue weighted by atomic mass is 9.97. The van der Waals surface area contributed by atoms with Gasteiger partial charge in [0.1, 0.15) is 6.61 Å². The predicted octanol–water partition coefficient (Wildman–Crippen LogP) is 4.97. The first kappa shape index (κ1) is 32.2. The first-order valence-corrected chi connectivity index (χ1v) is 14.6. The summed E-state index contributed by atoms with van der Waals surface area (Å²) in [6.45, 7) is 2.06. The van der Waals surface area contributed by atoms with Gasteiger partial charge < -0.3 is 30.4 Å². The SMILES string of the molecule is CI.CN(C)CCc1c[nH]c2ccc(C[C@H]3COC(=O)C3)cc12.I.Nc1ccc(C[C@H]2COC(=O)N2)cc1. The van der Waals surface area contributed by atoms with Crippen LogP contribution in [0.5, 0.6) is 0 Å². The fourth-order valence-corrected chi connectivity index (χ4v) is 4.41. The van der Waals surface area contributed by atoms with E-state index in [-0.39, 0.29) is 42.1 Å². The van der Waals surface area contributed by atoms with E-state index in [1.165, 1.54) is 22.0 Å². The second kappa shape index (κ2) is 16.1. The summed E-state index contributed by atoms with van der Waals surface area (Å²) >= 11 is 2.15. The molecule has 2 atom stereocenters. The highest BCUT2D eigenvalue weighted by Crippen LogP contribution is 2.24. The van der Waals surface area contributed by atoms with Crippen LogP contribution in [-0.4, -0.2) is 66.8 Å². The lowest BCUT2D eigenvalue weighted by molar-refractivity contribution is -0.137. The van der Waals surface area contributed by atoms with Crippen molar-refractivity contribution in [1.29, 1.82) is 0 Å². The van der Waals surface area contributed by atoms with Gasteiger partial charge in [-0.3, -0.25) is 4.79 Å². The number of nitrogens with zero attached hydrogens (tertiary/aromatic N) is 1. The largest absolute Gasteiger partial charge is 0.465 e. The molecule has 2 saturated heterocycles. The Bertz CT molecular complexity index is 1170. The number of carbonyl (C=O) groups excluding carboxylic acids is 2. The number of alkyl carbamates (subject to hydrolysis) is 1. The van der Waals surface area contributed by atoms with Crippen molar-refractivity contribution in [2.24, 2.45) is 5.92 Å². The Morgan fingerprint density at radius 3 is 2.32 bits per heavy atom. The van der Waals surface area contributed by atoms with Crippen molar-refractivity contribution in [3.8, 4) is 0 Å². The van der Waals surface area contributed by atoms with E-state index >= 15 is 0 Å². The monoisotopic (exact) mass is 748 g/mol. The minimum atomic E-state index is -0.328. The number of nitrogens with two attached hydrogens (primary N) is 1. The molecule has 10 heteroatoms. The molecule has 3 heterocycles. The van der Waals surface area contributed by atoms with Crippen molar-refractivity contribution in [2.75, 3.05) is 44.5 Å². The molecule has 2 aliphatic heterocycles. The molecule has 8 nitrogen and oxygen atoms in total. The van der Waals surface area contributed by atoms with E-state index < -0.39 is 0 Å². The number of benzene rings is 2. The number of fused-ring (bicyclic) bond motifs is 1. The highest BCUT2D eigenvalue weighted by molar-refractivity contribution is 14.1. The highest BCUT2D eigenvalue weighted by atomic mass is 127. The van der Waals surface area contributed by atoms with E-state index in [9.17, 15) is 9.59 Å². The molecule has 0 spiro atoms. The molecule has 2 fully saturated rings. The van der Waals surface area contributed by atoms with Crippen LogP contribution < -0.4 is 11.1 Å². The molecular formula is C28H38I2N4O4. The predicted molar refractivity (Wildman–Crippen MR) is 172 cm³/mol. The minimum Gasteiger partial charge on any atom is -0.465 e. The van der Waals surface area contributed by atoms with Crippen molar-refractivity contribution in [3.05, 3.63) is 65.4 Å². The van der Waals surface area contributed by atoms with E-state index in [0.29, 0.717) is 25.6 Å². The number of hydrogen-bond acceptors (Lipinski definition) is 6. The lowest BCUT2D eigenvalue weighted by Gasteiger charge is -2.09. The molecule has 0 radical (unpaired) electrons. The van der Waals surface area contributed by atoms with Gasteiger partial charge in [-0.25, -0.2) is 4.79 Å². The van der Waals surface area contributed by atoms with Crippen LogP contribution in [0.25, 0.3) is 10.9 Å². The molecule has 38 heavy (non-hydrogen) atoms. The Kier molecular flexibility index (Phi) is 13.7. The van der Waals surface area contributed by atoms with Gasteiger partial charge in [0.25, 0.3) is 0 Å². The quantitative estimate of drug-likeness (QED) is 0.137. The molecule has 2 aromatic carbocycles.